The second kappa shape index (κ2) is 4.75. The zero-order valence-electron chi connectivity index (χ0n) is 8.14. The van der Waals surface area contributed by atoms with Crippen molar-refractivity contribution >= 4 is 18.2 Å². The van der Waals surface area contributed by atoms with Gasteiger partial charge in [-0.15, -0.1) is 12.4 Å². The Morgan fingerprint density at radius 2 is 2.13 bits per heavy atom. The van der Waals surface area contributed by atoms with Gasteiger partial charge in [-0.05, 0) is 30.4 Å². The Hall–Kier alpha value is -1.61. The summed E-state index contributed by atoms with van der Waals surface area (Å²) >= 11 is 0. The Labute approximate surface area is 94.0 Å². The molecule has 1 aromatic carbocycles. The predicted octanol–water partition coefficient (Wildman–Crippen LogP) is 2.92. The van der Waals surface area contributed by atoms with E-state index in [4.69, 9.17) is 9.47 Å². The van der Waals surface area contributed by atoms with Gasteiger partial charge in [0.15, 0.2) is 0 Å². The van der Waals surface area contributed by atoms with Gasteiger partial charge in [-0.1, -0.05) is 0 Å². The van der Waals surface area contributed by atoms with Crippen LogP contribution in [0, 0.1) is 0 Å². The van der Waals surface area contributed by atoms with Crippen molar-refractivity contribution in [2.45, 2.75) is 0 Å². The summed E-state index contributed by atoms with van der Waals surface area (Å²) in [6.45, 7) is 0. The Morgan fingerprint density at radius 3 is 2.87 bits per heavy atom. The summed E-state index contributed by atoms with van der Waals surface area (Å²) in [5, 5.41) is 9.64. The van der Waals surface area contributed by atoms with Crippen molar-refractivity contribution in [2.75, 3.05) is 7.11 Å². The standard InChI is InChI=1S/C11H10O3.ClH/c1-13-8-4-5-11-9(7-8)10(12)3-2-6-14-11;/h2-7,12H,1H3;1H. The van der Waals surface area contributed by atoms with Crippen LogP contribution in [0.3, 0.4) is 0 Å². The normalized spacial score (nSPS) is 12.7. The first-order valence-corrected chi connectivity index (χ1v) is 4.22. The van der Waals surface area contributed by atoms with Crippen LogP contribution >= 0.6 is 12.4 Å². The maximum Gasteiger partial charge on any atom is 0.137 e. The molecular weight excluding hydrogens is 216 g/mol. The van der Waals surface area contributed by atoms with Crippen LogP contribution in [0.4, 0.5) is 0 Å². The van der Waals surface area contributed by atoms with Gasteiger partial charge in [0, 0.05) is 0 Å². The van der Waals surface area contributed by atoms with E-state index >= 15 is 0 Å². The summed E-state index contributed by atoms with van der Waals surface area (Å²) in [4.78, 5) is 0. The van der Waals surface area contributed by atoms with Crippen LogP contribution in [-0.2, 0) is 0 Å². The van der Waals surface area contributed by atoms with Gasteiger partial charge in [-0.3, -0.25) is 0 Å². The molecule has 0 spiro atoms. The maximum absolute atomic E-state index is 9.64. The Morgan fingerprint density at radius 1 is 1.33 bits per heavy atom. The number of aliphatic hydroxyl groups excluding tert-OH is 1. The minimum Gasteiger partial charge on any atom is -0.507 e. The molecule has 0 unspecified atom stereocenters. The third-order valence-corrected chi connectivity index (χ3v) is 1.99. The van der Waals surface area contributed by atoms with Crippen molar-refractivity contribution in [1.29, 1.82) is 0 Å². The van der Waals surface area contributed by atoms with Gasteiger partial charge in [0.05, 0.1) is 18.9 Å². The largest absolute Gasteiger partial charge is 0.507 e. The Kier molecular flexibility index (Phi) is 3.63. The molecule has 0 fully saturated rings. The molecule has 1 aromatic rings. The second-order valence-corrected chi connectivity index (χ2v) is 2.86. The molecule has 1 N–H and O–H groups in total. The van der Waals surface area contributed by atoms with E-state index in [0.717, 1.165) is 0 Å². The van der Waals surface area contributed by atoms with Crippen LogP contribution in [0.5, 0.6) is 11.5 Å². The predicted molar refractivity (Wildman–Crippen MR) is 60.6 cm³/mol. The number of hydrogen-bond donors (Lipinski definition) is 1. The summed E-state index contributed by atoms with van der Waals surface area (Å²) < 4.78 is 10.3. The fraction of sp³-hybridized carbons (Fsp3) is 0.0909. The van der Waals surface area contributed by atoms with Gasteiger partial charge < -0.3 is 14.6 Å². The highest BCUT2D eigenvalue weighted by Crippen LogP contribution is 2.30. The molecule has 0 bridgehead atoms. The zero-order valence-corrected chi connectivity index (χ0v) is 8.95. The molecule has 3 nitrogen and oxygen atoms in total. The Bertz CT molecular complexity index is 410. The SMILES string of the molecule is COc1ccc2c(c1)C(O)=CC=CO2.Cl. The Balaban J connectivity index is 0.00000112. The minimum absolute atomic E-state index is 0. The van der Waals surface area contributed by atoms with Crippen molar-refractivity contribution in [3.8, 4) is 11.5 Å². The van der Waals surface area contributed by atoms with Crippen LogP contribution in [0.1, 0.15) is 5.56 Å². The average Bonchev–Trinajstić information content (AvgIpc) is 2.40. The first-order valence-electron chi connectivity index (χ1n) is 4.22. The highest BCUT2D eigenvalue weighted by atomic mass is 35.5. The molecule has 1 aliphatic rings. The van der Waals surface area contributed by atoms with E-state index in [2.05, 4.69) is 0 Å². The number of hydrogen-bond acceptors (Lipinski definition) is 3. The van der Waals surface area contributed by atoms with Crippen LogP contribution in [0.15, 0.2) is 36.6 Å². The maximum atomic E-state index is 9.64. The number of methoxy groups -OCH3 is 1. The quantitative estimate of drug-likeness (QED) is 0.800. The lowest BCUT2D eigenvalue weighted by Crippen LogP contribution is -1.90. The number of ether oxygens (including phenoxy) is 2. The number of fused-ring (bicyclic) bond motifs is 1. The molecule has 80 valence electrons. The molecule has 0 saturated carbocycles. The minimum atomic E-state index is 0. The molecule has 0 amide bonds. The van der Waals surface area contributed by atoms with E-state index in [1.807, 2.05) is 0 Å². The van der Waals surface area contributed by atoms with Gasteiger partial charge in [0.25, 0.3) is 0 Å². The lowest BCUT2D eigenvalue weighted by Gasteiger charge is -2.07. The third-order valence-electron chi connectivity index (χ3n) is 1.99. The number of aliphatic hydroxyl groups is 1. The van der Waals surface area contributed by atoms with E-state index < -0.39 is 0 Å². The van der Waals surface area contributed by atoms with Crippen molar-refractivity contribution < 1.29 is 14.6 Å². The fourth-order valence-corrected chi connectivity index (χ4v) is 1.27. The van der Waals surface area contributed by atoms with Gasteiger partial charge in [-0.25, -0.2) is 0 Å². The fourth-order valence-electron chi connectivity index (χ4n) is 1.27. The molecule has 15 heavy (non-hydrogen) atoms. The van der Waals surface area contributed by atoms with Crippen LogP contribution in [0.2, 0.25) is 0 Å². The van der Waals surface area contributed by atoms with E-state index in [-0.39, 0.29) is 18.2 Å². The summed E-state index contributed by atoms with van der Waals surface area (Å²) in [5.74, 6) is 1.48. The van der Waals surface area contributed by atoms with Crippen LogP contribution in [-0.4, -0.2) is 12.2 Å². The van der Waals surface area contributed by atoms with Crippen molar-refractivity contribution in [3.05, 3.63) is 42.2 Å². The van der Waals surface area contributed by atoms with Gasteiger partial charge >= 0.3 is 0 Å². The van der Waals surface area contributed by atoms with Gasteiger partial charge in [0.2, 0.25) is 0 Å². The third kappa shape index (κ3) is 2.25. The van der Waals surface area contributed by atoms with E-state index in [9.17, 15) is 5.11 Å². The van der Waals surface area contributed by atoms with Crippen molar-refractivity contribution in [3.63, 3.8) is 0 Å². The smallest absolute Gasteiger partial charge is 0.137 e. The van der Waals surface area contributed by atoms with E-state index in [1.54, 1.807) is 37.5 Å². The van der Waals surface area contributed by atoms with Crippen molar-refractivity contribution in [1.82, 2.24) is 0 Å². The lowest BCUT2D eigenvalue weighted by molar-refractivity contribution is 0.411. The first-order chi connectivity index (χ1) is 6.81. The molecule has 0 saturated heterocycles. The number of rotatable bonds is 1. The average molecular weight is 227 g/mol. The molecule has 0 atom stereocenters. The number of allylic oxidation sites excluding steroid dienone is 2. The summed E-state index contributed by atoms with van der Waals surface area (Å²) in [7, 11) is 1.58. The molecule has 2 rings (SSSR count). The molecular formula is C11H11ClO3. The topological polar surface area (TPSA) is 38.7 Å². The van der Waals surface area contributed by atoms with Crippen LogP contribution in [0.25, 0.3) is 5.76 Å². The summed E-state index contributed by atoms with van der Waals surface area (Å²) in [6, 6.07) is 5.27. The molecule has 0 radical (unpaired) electrons. The summed E-state index contributed by atoms with van der Waals surface area (Å²) in [5.41, 5.74) is 0.634. The van der Waals surface area contributed by atoms with E-state index in [1.165, 1.54) is 6.26 Å². The highest BCUT2D eigenvalue weighted by Gasteiger charge is 2.10. The molecule has 0 aromatic heterocycles. The van der Waals surface area contributed by atoms with Gasteiger partial charge in [0.1, 0.15) is 17.3 Å². The highest BCUT2D eigenvalue weighted by molar-refractivity contribution is 5.85. The number of benzene rings is 1. The molecule has 1 heterocycles. The molecule has 0 aliphatic carbocycles. The van der Waals surface area contributed by atoms with E-state index in [0.29, 0.717) is 17.1 Å². The molecule has 4 heteroatoms. The lowest BCUT2D eigenvalue weighted by atomic mass is 10.1. The summed E-state index contributed by atoms with van der Waals surface area (Å²) in [6.07, 6.45) is 4.74. The van der Waals surface area contributed by atoms with Crippen LogP contribution < -0.4 is 9.47 Å². The molecule has 1 aliphatic heterocycles. The first kappa shape index (κ1) is 11.5. The second-order valence-electron chi connectivity index (χ2n) is 2.86. The van der Waals surface area contributed by atoms with Gasteiger partial charge in [-0.2, -0.15) is 0 Å². The monoisotopic (exact) mass is 226 g/mol. The zero-order chi connectivity index (χ0) is 9.97. The van der Waals surface area contributed by atoms with Crippen molar-refractivity contribution in [2.24, 2.45) is 0 Å². The number of halogens is 1.